The van der Waals surface area contributed by atoms with Crippen LogP contribution in [0.25, 0.3) is 5.78 Å². The molecule has 1 N–H and O–H groups in total. The predicted molar refractivity (Wildman–Crippen MR) is 71.1 cm³/mol. The summed E-state index contributed by atoms with van der Waals surface area (Å²) in [4.78, 5) is 7.98. The second-order valence-electron chi connectivity index (χ2n) is 4.96. The minimum Gasteiger partial charge on any atom is -0.364 e. The molecule has 0 bridgehead atoms. The van der Waals surface area contributed by atoms with E-state index < -0.39 is 15.4 Å². The molecule has 0 aromatic carbocycles. The van der Waals surface area contributed by atoms with E-state index in [2.05, 4.69) is 20.4 Å². The lowest BCUT2D eigenvalue weighted by Gasteiger charge is -2.25. The number of halogens is 1. The average Bonchev–Trinajstić information content (AvgIpc) is 2.83. The lowest BCUT2D eigenvalue weighted by Crippen LogP contribution is -2.36. The van der Waals surface area contributed by atoms with E-state index in [1.54, 1.807) is 6.07 Å². The van der Waals surface area contributed by atoms with Gasteiger partial charge in [-0.2, -0.15) is 19.6 Å². The number of fused-ring (bicyclic) bond motifs is 1. The highest BCUT2D eigenvalue weighted by atomic mass is 35.5. The molecular weight excluding hydrogens is 290 g/mol. The van der Waals surface area contributed by atoms with E-state index >= 15 is 0 Å². The predicted octanol–water partition coefficient (Wildman–Crippen LogP) is 0.767. The van der Waals surface area contributed by atoms with Gasteiger partial charge in [-0.05, 0) is 13.3 Å². The van der Waals surface area contributed by atoms with Crippen LogP contribution in [0, 0.1) is 0 Å². The minimum atomic E-state index is -2.98. The van der Waals surface area contributed by atoms with Crippen molar-refractivity contribution in [1.29, 1.82) is 0 Å². The van der Waals surface area contributed by atoms with Gasteiger partial charge in [0.25, 0.3) is 5.78 Å². The summed E-state index contributed by atoms with van der Waals surface area (Å²) in [7, 11) is -2.98. The van der Waals surface area contributed by atoms with Crippen molar-refractivity contribution in [1.82, 2.24) is 19.6 Å². The van der Waals surface area contributed by atoms with E-state index in [0.29, 0.717) is 18.0 Å². The summed E-state index contributed by atoms with van der Waals surface area (Å²) < 4.78 is 24.7. The Morgan fingerprint density at radius 2 is 2.32 bits per heavy atom. The molecule has 2 aromatic heterocycles. The van der Waals surface area contributed by atoms with Crippen molar-refractivity contribution in [2.24, 2.45) is 0 Å². The molecule has 0 spiro atoms. The standard InChI is InChI=1S/C10H12ClN5O2S/c1-10(2-3-19(17,18)5-10)15-8-4-7(11)14-9-12-6-13-16(8)9/h4,6,15H,2-3,5H2,1H3. The molecule has 1 aliphatic rings. The molecule has 0 radical (unpaired) electrons. The highest BCUT2D eigenvalue weighted by Gasteiger charge is 2.38. The van der Waals surface area contributed by atoms with Crippen LogP contribution in [0.3, 0.4) is 0 Å². The van der Waals surface area contributed by atoms with Crippen LogP contribution >= 0.6 is 11.6 Å². The fourth-order valence-corrected chi connectivity index (χ4v) is 4.56. The first-order valence-electron chi connectivity index (χ1n) is 5.72. The van der Waals surface area contributed by atoms with Crippen LogP contribution in [0.2, 0.25) is 5.15 Å². The van der Waals surface area contributed by atoms with Crippen LogP contribution < -0.4 is 5.32 Å². The van der Waals surface area contributed by atoms with Crippen LogP contribution in [0.4, 0.5) is 5.82 Å². The van der Waals surface area contributed by atoms with Crippen molar-refractivity contribution in [2.45, 2.75) is 18.9 Å². The summed E-state index contributed by atoms with van der Waals surface area (Å²) in [5.41, 5.74) is -0.525. The van der Waals surface area contributed by atoms with Gasteiger partial charge in [-0.3, -0.25) is 0 Å². The number of rotatable bonds is 2. The van der Waals surface area contributed by atoms with Gasteiger partial charge in [-0.15, -0.1) is 0 Å². The molecule has 102 valence electrons. The Labute approximate surface area is 114 Å². The Balaban J connectivity index is 2.00. The third kappa shape index (κ3) is 2.37. The third-order valence-electron chi connectivity index (χ3n) is 3.15. The molecule has 0 saturated carbocycles. The highest BCUT2D eigenvalue weighted by molar-refractivity contribution is 7.91. The maximum atomic E-state index is 11.6. The maximum Gasteiger partial charge on any atom is 0.255 e. The second kappa shape index (κ2) is 4.04. The van der Waals surface area contributed by atoms with Crippen molar-refractivity contribution in [3.8, 4) is 0 Å². The number of nitrogens with zero attached hydrogens (tertiary/aromatic N) is 4. The normalized spacial score (nSPS) is 25.8. The average molecular weight is 302 g/mol. The van der Waals surface area contributed by atoms with Gasteiger partial charge in [0.15, 0.2) is 9.84 Å². The Bertz CT molecular complexity index is 743. The second-order valence-corrected chi connectivity index (χ2v) is 7.53. The van der Waals surface area contributed by atoms with Crippen LogP contribution in [0.1, 0.15) is 13.3 Å². The van der Waals surface area contributed by atoms with E-state index in [-0.39, 0.29) is 16.7 Å². The Kier molecular flexibility index (Phi) is 2.68. The van der Waals surface area contributed by atoms with E-state index in [1.165, 1.54) is 10.8 Å². The highest BCUT2D eigenvalue weighted by Crippen LogP contribution is 2.28. The van der Waals surface area contributed by atoms with Gasteiger partial charge in [0.1, 0.15) is 17.3 Å². The van der Waals surface area contributed by atoms with Crippen LogP contribution in [-0.4, -0.2) is 45.0 Å². The minimum absolute atomic E-state index is 0.0934. The molecule has 1 aliphatic heterocycles. The van der Waals surface area contributed by atoms with Gasteiger partial charge in [-0.1, -0.05) is 11.6 Å². The lowest BCUT2D eigenvalue weighted by molar-refractivity contribution is 0.569. The van der Waals surface area contributed by atoms with Gasteiger partial charge in [0.2, 0.25) is 0 Å². The molecule has 1 fully saturated rings. The fourth-order valence-electron chi connectivity index (χ4n) is 2.29. The molecule has 7 nitrogen and oxygen atoms in total. The molecular formula is C10H12ClN5O2S. The van der Waals surface area contributed by atoms with E-state index in [0.717, 1.165) is 0 Å². The summed E-state index contributed by atoms with van der Waals surface area (Å²) >= 11 is 5.92. The molecule has 1 unspecified atom stereocenters. The number of aromatic nitrogens is 4. The summed E-state index contributed by atoms with van der Waals surface area (Å²) in [6.45, 7) is 1.87. The summed E-state index contributed by atoms with van der Waals surface area (Å²) in [6.07, 6.45) is 1.92. The Hall–Kier alpha value is -1.41. The summed E-state index contributed by atoms with van der Waals surface area (Å²) in [6, 6.07) is 1.61. The zero-order valence-electron chi connectivity index (χ0n) is 10.2. The molecule has 1 atom stereocenters. The molecule has 3 heterocycles. The third-order valence-corrected chi connectivity index (χ3v) is 5.25. The number of nitrogens with one attached hydrogen (secondary N) is 1. The van der Waals surface area contributed by atoms with E-state index in [4.69, 9.17) is 11.6 Å². The zero-order valence-corrected chi connectivity index (χ0v) is 11.7. The molecule has 1 saturated heterocycles. The Morgan fingerprint density at radius 3 is 3.00 bits per heavy atom. The first kappa shape index (κ1) is 12.6. The lowest BCUT2D eigenvalue weighted by atomic mass is 10.0. The first-order valence-corrected chi connectivity index (χ1v) is 7.92. The van der Waals surface area contributed by atoms with Gasteiger partial charge >= 0.3 is 0 Å². The van der Waals surface area contributed by atoms with Crippen molar-refractivity contribution in [3.63, 3.8) is 0 Å². The SMILES string of the molecule is CC1(Nc2cc(Cl)nc3ncnn23)CCS(=O)(=O)C1. The summed E-state index contributed by atoms with van der Waals surface area (Å²) in [5.74, 6) is 1.25. The van der Waals surface area contributed by atoms with E-state index in [1.807, 2.05) is 6.92 Å². The van der Waals surface area contributed by atoms with Gasteiger partial charge in [0, 0.05) is 6.07 Å². The summed E-state index contributed by atoms with van der Waals surface area (Å²) in [5, 5.41) is 7.53. The van der Waals surface area contributed by atoms with Crippen molar-refractivity contribution in [2.75, 3.05) is 16.8 Å². The molecule has 19 heavy (non-hydrogen) atoms. The smallest absolute Gasteiger partial charge is 0.255 e. The van der Waals surface area contributed by atoms with Crippen LogP contribution in [0.5, 0.6) is 0 Å². The Morgan fingerprint density at radius 1 is 1.53 bits per heavy atom. The number of hydrogen-bond donors (Lipinski definition) is 1. The fraction of sp³-hybridized carbons (Fsp3) is 0.500. The molecule has 3 rings (SSSR count). The quantitative estimate of drug-likeness (QED) is 0.824. The number of hydrogen-bond acceptors (Lipinski definition) is 6. The number of anilines is 1. The first-order chi connectivity index (χ1) is 8.87. The van der Waals surface area contributed by atoms with Gasteiger partial charge < -0.3 is 5.32 Å². The molecule has 0 aliphatic carbocycles. The van der Waals surface area contributed by atoms with Crippen molar-refractivity contribution >= 4 is 33.0 Å². The van der Waals surface area contributed by atoms with Crippen LogP contribution in [0.15, 0.2) is 12.4 Å². The monoisotopic (exact) mass is 301 g/mol. The van der Waals surface area contributed by atoms with Crippen molar-refractivity contribution < 1.29 is 8.42 Å². The zero-order chi connectivity index (χ0) is 13.7. The molecule has 0 amide bonds. The largest absolute Gasteiger partial charge is 0.364 e. The van der Waals surface area contributed by atoms with Crippen LogP contribution in [-0.2, 0) is 9.84 Å². The van der Waals surface area contributed by atoms with E-state index in [9.17, 15) is 8.42 Å². The topological polar surface area (TPSA) is 89.2 Å². The number of sulfone groups is 1. The molecule has 9 heteroatoms. The maximum absolute atomic E-state index is 11.6. The van der Waals surface area contributed by atoms with Crippen molar-refractivity contribution in [3.05, 3.63) is 17.5 Å². The van der Waals surface area contributed by atoms with Gasteiger partial charge in [0.05, 0.1) is 17.0 Å². The van der Waals surface area contributed by atoms with Gasteiger partial charge in [-0.25, -0.2) is 8.42 Å². The molecule has 2 aromatic rings.